The summed E-state index contributed by atoms with van der Waals surface area (Å²) in [6.07, 6.45) is 4.35. The second kappa shape index (κ2) is 6.93. The Kier molecular flexibility index (Phi) is 5.46. The quantitative estimate of drug-likeness (QED) is 0.779. The fourth-order valence-electron chi connectivity index (χ4n) is 1.40. The van der Waals surface area contributed by atoms with Crippen LogP contribution in [-0.2, 0) is 6.42 Å². The van der Waals surface area contributed by atoms with E-state index in [1.54, 1.807) is 6.26 Å². The van der Waals surface area contributed by atoms with Crippen LogP contribution >= 0.6 is 0 Å². The summed E-state index contributed by atoms with van der Waals surface area (Å²) in [7, 11) is 0. The average Bonchev–Trinajstić information content (AvgIpc) is 2.76. The van der Waals surface area contributed by atoms with Crippen molar-refractivity contribution in [2.24, 2.45) is 0 Å². The van der Waals surface area contributed by atoms with E-state index in [9.17, 15) is 4.79 Å². The second-order valence-corrected chi connectivity index (χ2v) is 3.92. The van der Waals surface area contributed by atoms with E-state index >= 15 is 0 Å². The molecule has 0 saturated heterocycles. The van der Waals surface area contributed by atoms with Crippen molar-refractivity contribution in [3.63, 3.8) is 0 Å². The first-order valence-electron chi connectivity index (χ1n) is 5.79. The zero-order valence-electron chi connectivity index (χ0n) is 9.95. The maximum Gasteiger partial charge on any atom is 0.314 e. The molecule has 0 aliphatic rings. The highest BCUT2D eigenvalue weighted by Gasteiger charge is 2.07. The molecular formula is C12H20N2O2. The largest absolute Gasteiger partial charge is 0.469 e. The molecule has 0 bridgehead atoms. The molecule has 1 atom stereocenters. The van der Waals surface area contributed by atoms with Crippen molar-refractivity contribution in [3.05, 3.63) is 24.2 Å². The lowest BCUT2D eigenvalue weighted by Gasteiger charge is -2.13. The monoisotopic (exact) mass is 224 g/mol. The predicted molar refractivity (Wildman–Crippen MR) is 63.3 cm³/mol. The first-order chi connectivity index (χ1) is 7.72. The van der Waals surface area contributed by atoms with E-state index in [1.807, 2.05) is 26.0 Å². The molecular weight excluding hydrogens is 204 g/mol. The summed E-state index contributed by atoms with van der Waals surface area (Å²) in [5, 5.41) is 5.67. The van der Waals surface area contributed by atoms with Crippen LogP contribution in [-0.4, -0.2) is 18.6 Å². The maximum atomic E-state index is 11.3. The molecule has 0 fully saturated rings. The standard InChI is InChI=1S/C12H20N2O2/c1-3-8-13-12(15)14-10(2)6-7-11-5-4-9-16-11/h4-5,9-10H,3,6-8H2,1-2H3,(H2,13,14,15). The van der Waals surface area contributed by atoms with Crippen LogP contribution in [0.3, 0.4) is 0 Å². The fraction of sp³-hybridized carbons (Fsp3) is 0.583. The normalized spacial score (nSPS) is 12.1. The number of amides is 2. The van der Waals surface area contributed by atoms with Gasteiger partial charge in [-0.2, -0.15) is 0 Å². The molecule has 0 saturated carbocycles. The van der Waals surface area contributed by atoms with E-state index < -0.39 is 0 Å². The molecule has 1 unspecified atom stereocenters. The van der Waals surface area contributed by atoms with Crippen LogP contribution in [0, 0.1) is 0 Å². The lowest BCUT2D eigenvalue weighted by Crippen LogP contribution is -2.41. The zero-order chi connectivity index (χ0) is 11.8. The number of hydrogen-bond donors (Lipinski definition) is 2. The number of rotatable bonds is 6. The molecule has 4 nitrogen and oxygen atoms in total. The molecule has 90 valence electrons. The molecule has 0 radical (unpaired) electrons. The van der Waals surface area contributed by atoms with Crippen molar-refractivity contribution in [2.45, 2.75) is 39.2 Å². The van der Waals surface area contributed by atoms with Gasteiger partial charge in [0.15, 0.2) is 0 Å². The second-order valence-electron chi connectivity index (χ2n) is 3.92. The molecule has 4 heteroatoms. The topological polar surface area (TPSA) is 54.3 Å². The van der Waals surface area contributed by atoms with Gasteiger partial charge in [0.2, 0.25) is 0 Å². The van der Waals surface area contributed by atoms with Crippen LogP contribution in [0.4, 0.5) is 4.79 Å². The summed E-state index contributed by atoms with van der Waals surface area (Å²) in [6.45, 7) is 4.74. The molecule has 1 rings (SSSR count). The lowest BCUT2D eigenvalue weighted by atomic mass is 10.1. The summed E-state index contributed by atoms with van der Waals surface area (Å²) < 4.78 is 5.23. The summed E-state index contributed by atoms with van der Waals surface area (Å²) >= 11 is 0. The van der Waals surface area contributed by atoms with Crippen LogP contribution in [0.5, 0.6) is 0 Å². The Balaban J connectivity index is 2.15. The van der Waals surface area contributed by atoms with Gasteiger partial charge in [-0.15, -0.1) is 0 Å². The zero-order valence-corrected chi connectivity index (χ0v) is 9.95. The van der Waals surface area contributed by atoms with Crippen molar-refractivity contribution >= 4 is 6.03 Å². The van der Waals surface area contributed by atoms with Gasteiger partial charge < -0.3 is 15.1 Å². The minimum absolute atomic E-state index is 0.0891. The number of urea groups is 1. The van der Waals surface area contributed by atoms with Gasteiger partial charge in [0.1, 0.15) is 5.76 Å². The van der Waals surface area contributed by atoms with E-state index in [0.29, 0.717) is 0 Å². The highest BCUT2D eigenvalue weighted by atomic mass is 16.3. The Morgan fingerprint density at radius 2 is 2.38 bits per heavy atom. The number of carbonyl (C=O) groups excluding carboxylic acids is 1. The van der Waals surface area contributed by atoms with Crippen molar-refractivity contribution in [1.29, 1.82) is 0 Å². The Morgan fingerprint density at radius 3 is 3.00 bits per heavy atom. The van der Waals surface area contributed by atoms with Gasteiger partial charge in [-0.1, -0.05) is 6.92 Å². The van der Waals surface area contributed by atoms with Crippen LogP contribution in [0.1, 0.15) is 32.4 Å². The number of hydrogen-bond acceptors (Lipinski definition) is 2. The lowest BCUT2D eigenvalue weighted by molar-refractivity contribution is 0.237. The summed E-state index contributed by atoms with van der Waals surface area (Å²) in [5.41, 5.74) is 0. The molecule has 0 aliphatic carbocycles. The number of carbonyl (C=O) groups is 1. The first-order valence-corrected chi connectivity index (χ1v) is 5.79. The Bertz CT molecular complexity index is 296. The minimum Gasteiger partial charge on any atom is -0.469 e. The van der Waals surface area contributed by atoms with Gasteiger partial charge in [0, 0.05) is 19.0 Å². The molecule has 0 aromatic carbocycles. The first kappa shape index (κ1) is 12.6. The Labute approximate surface area is 96.4 Å². The van der Waals surface area contributed by atoms with E-state index in [0.717, 1.165) is 31.6 Å². The summed E-state index contributed by atoms with van der Waals surface area (Å²) in [4.78, 5) is 11.3. The van der Waals surface area contributed by atoms with Gasteiger partial charge in [0.25, 0.3) is 0 Å². The van der Waals surface area contributed by atoms with Gasteiger partial charge in [0.05, 0.1) is 6.26 Å². The summed E-state index contributed by atoms with van der Waals surface area (Å²) in [6, 6.07) is 3.89. The molecule has 2 N–H and O–H groups in total. The third-order valence-corrected chi connectivity index (χ3v) is 2.32. The molecule has 0 spiro atoms. The van der Waals surface area contributed by atoms with E-state index in [1.165, 1.54) is 0 Å². The van der Waals surface area contributed by atoms with Gasteiger partial charge in [-0.25, -0.2) is 4.79 Å². The molecule has 16 heavy (non-hydrogen) atoms. The van der Waals surface area contributed by atoms with Crippen LogP contribution in [0.25, 0.3) is 0 Å². The average molecular weight is 224 g/mol. The van der Waals surface area contributed by atoms with Crippen LogP contribution < -0.4 is 10.6 Å². The van der Waals surface area contributed by atoms with Crippen molar-refractivity contribution in [3.8, 4) is 0 Å². The van der Waals surface area contributed by atoms with Crippen molar-refractivity contribution in [1.82, 2.24) is 10.6 Å². The SMILES string of the molecule is CCCNC(=O)NC(C)CCc1ccco1. The van der Waals surface area contributed by atoms with Gasteiger partial charge in [-0.3, -0.25) is 0 Å². The number of furan rings is 1. The Morgan fingerprint density at radius 1 is 1.56 bits per heavy atom. The predicted octanol–water partition coefficient (Wildman–Crippen LogP) is 2.31. The third kappa shape index (κ3) is 4.87. The minimum atomic E-state index is -0.0891. The summed E-state index contributed by atoms with van der Waals surface area (Å²) in [5.74, 6) is 0.961. The van der Waals surface area contributed by atoms with Gasteiger partial charge >= 0.3 is 6.03 Å². The number of nitrogens with one attached hydrogen (secondary N) is 2. The molecule has 1 aromatic heterocycles. The fourth-order valence-corrected chi connectivity index (χ4v) is 1.40. The van der Waals surface area contributed by atoms with Gasteiger partial charge in [-0.05, 0) is 31.9 Å². The molecule has 0 aliphatic heterocycles. The smallest absolute Gasteiger partial charge is 0.314 e. The molecule has 2 amide bonds. The highest BCUT2D eigenvalue weighted by molar-refractivity contribution is 5.74. The van der Waals surface area contributed by atoms with Crippen molar-refractivity contribution in [2.75, 3.05) is 6.54 Å². The molecule has 1 aromatic rings. The van der Waals surface area contributed by atoms with E-state index in [2.05, 4.69) is 10.6 Å². The highest BCUT2D eigenvalue weighted by Crippen LogP contribution is 2.05. The van der Waals surface area contributed by atoms with E-state index in [-0.39, 0.29) is 12.1 Å². The third-order valence-electron chi connectivity index (χ3n) is 2.32. The van der Waals surface area contributed by atoms with E-state index in [4.69, 9.17) is 4.42 Å². The number of aryl methyl sites for hydroxylation is 1. The van der Waals surface area contributed by atoms with Crippen molar-refractivity contribution < 1.29 is 9.21 Å². The van der Waals surface area contributed by atoms with Crippen LogP contribution in [0.15, 0.2) is 22.8 Å². The van der Waals surface area contributed by atoms with Crippen LogP contribution in [0.2, 0.25) is 0 Å². The Hall–Kier alpha value is -1.45. The molecule has 1 heterocycles. The maximum absolute atomic E-state index is 11.3.